The van der Waals surface area contributed by atoms with E-state index in [1.165, 1.54) is 5.56 Å². The van der Waals surface area contributed by atoms with E-state index < -0.39 is 0 Å². The van der Waals surface area contributed by atoms with Crippen molar-refractivity contribution >= 4 is 27.6 Å². The van der Waals surface area contributed by atoms with Crippen molar-refractivity contribution in [1.82, 2.24) is 0 Å². The third kappa shape index (κ3) is 3.26. The second-order valence-corrected chi connectivity index (χ2v) is 7.71. The third-order valence-corrected chi connectivity index (χ3v) is 5.68. The first-order valence-corrected chi connectivity index (χ1v) is 9.91. The molecule has 1 saturated heterocycles. The van der Waals surface area contributed by atoms with Gasteiger partial charge in [0.2, 0.25) is 0 Å². The molecule has 0 saturated carbocycles. The van der Waals surface area contributed by atoms with Gasteiger partial charge in [0, 0.05) is 28.2 Å². The van der Waals surface area contributed by atoms with E-state index in [-0.39, 0.29) is 18.1 Å². The number of rotatable bonds is 3. The van der Waals surface area contributed by atoms with Gasteiger partial charge in [-0.15, -0.1) is 0 Å². The van der Waals surface area contributed by atoms with Crippen molar-refractivity contribution in [2.75, 3.05) is 18.5 Å². The molecule has 4 rings (SSSR count). The first-order chi connectivity index (χ1) is 12.7. The van der Waals surface area contributed by atoms with E-state index in [1.807, 2.05) is 31.2 Å². The second-order valence-electron chi connectivity index (χ2n) is 6.80. The highest BCUT2D eigenvalue weighted by Gasteiger charge is 2.40. The molecule has 2 aliphatic heterocycles. The Labute approximate surface area is 162 Å². The Morgan fingerprint density at radius 2 is 2.19 bits per heavy atom. The summed E-state index contributed by atoms with van der Waals surface area (Å²) < 4.78 is 12.4. The third-order valence-electron chi connectivity index (χ3n) is 5.18. The number of hydrogen-bond acceptors (Lipinski definition) is 4. The van der Waals surface area contributed by atoms with Crippen LogP contribution in [-0.2, 0) is 9.47 Å². The lowest BCUT2D eigenvalue weighted by Crippen LogP contribution is -2.36. The smallest absolute Gasteiger partial charge is 0.338 e. The van der Waals surface area contributed by atoms with Crippen molar-refractivity contribution < 1.29 is 14.3 Å². The van der Waals surface area contributed by atoms with Crippen molar-refractivity contribution in [3.63, 3.8) is 0 Å². The molecule has 0 spiro atoms. The largest absolute Gasteiger partial charge is 0.462 e. The van der Waals surface area contributed by atoms with Crippen molar-refractivity contribution in [1.29, 1.82) is 0 Å². The molecule has 0 unspecified atom stereocenters. The molecule has 1 N–H and O–H groups in total. The molecule has 0 radical (unpaired) electrons. The molecular formula is C21H22BrNO3. The van der Waals surface area contributed by atoms with Gasteiger partial charge in [0.05, 0.1) is 24.3 Å². The lowest BCUT2D eigenvalue weighted by molar-refractivity contribution is -0.0381. The van der Waals surface area contributed by atoms with E-state index in [1.54, 1.807) is 0 Å². The fourth-order valence-electron chi connectivity index (χ4n) is 4.04. The van der Waals surface area contributed by atoms with Crippen LogP contribution in [0.2, 0.25) is 0 Å². The molecule has 2 aromatic carbocycles. The number of ether oxygens (including phenoxy) is 2. The molecule has 3 atom stereocenters. The lowest BCUT2D eigenvalue weighted by atomic mass is 9.77. The summed E-state index contributed by atoms with van der Waals surface area (Å²) in [6, 6.07) is 14.4. The maximum Gasteiger partial charge on any atom is 0.338 e. The van der Waals surface area contributed by atoms with Crippen LogP contribution in [0.5, 0.6) is 0 Å². The van der Waals surface area contributed by atoms with Crippen LogP contribution in [0.1, 0.15) is 53.4 Å². The molecule has 2 aliphatic rings. The van der Waals surface area contributed by atoms with E-state index in [9.17, 15) is 4.79 Å². The van der Waals surface area contributed by atoms with Gasteiger partial charge in [-0.1, -0.05) is 28.1 Å². The molecule has 0 bridgehead atoms. The Kier molecular flexibility index (Phi) is 5.00. The summed E-state index contributed by atoms with van der Waals surface area (Å²) >= 11 is 3.58. The average molecular weight is 416 g/mol. The van der Waals surface area contributed by atoms with Gasteiger partial charge in [-0.05, 0) is 55.7 Å². The topological polar surface area (TPSA) is 47.6 Å². The molecule has 136 valence electrons. The van der Waals surface area contributed by atoms with Crippen LogP contribution in [0.15, 0.2) is 46.9 Å². The fourth-order valence-corrected chi connectivity index (χ4v) is 4.46. The van der Waals surface area contributed by atoms with Crippen LogP contribution in [0, 0.1) is 5.92 Å². The molecule has 1 fully saturated rings. The molecule has 2 heterocycles. The quantitative estimate of drug-likeness (QED) is 0.694. The maximum atomic E-state index is 12.1. The van der Waals surface area contributed by atoms with Crippen LogP contribution in [0.4, 0.5) is 5.69 Å². The number of esters is 1. The molecule has 0 aromatic heterocycles. The van der Waals surface area contributed by atoms with Crippen molar-refractivity contribution in [2.45, 2.75) is 31.9 Å². The van der Waals surface area contributed by atoms with Crippen molar-refractivity contribution in [3.8, 4) is 0 Å². The summed E-state index contributed by atoms with van der Waals surface area (Å²) in [6.07, 6.45) is 2.15. The second kappa shape index (κ2) is 7.41. The number of fused-ring (bicyclic) bond motifs is 3. The summed E-state index contributed by atoms with van der Waals surface area (Å²) in [7, 11) is 0. The summed E-state index contributed by atoms with van der Waals surface area (Å²) in [6.45, 7) is 2.96. The summed E-state index contributed by atoms with van der Waals surface area (Å²) in [5.74, 6) is 0.0553. The Morgan fingerprint density at radius 3 is 3.00 bits per heavy atom. The first-order valence-electron chi connectivity index (χ1n) is 9.12. The van der Waals surface area contributed by atoms with Crippen LogP contribution in [0.3, 0.4) is 0 Å². The Morgan fingerprint density at radius 1 is 1.31 bits per heavy atom. The fraction of sp³-hybridized carbons (Fsp3) is 0.381. The van der Waals surface area contributed by atoms with E-state index in [4.69, 9.17) is 9.47 Å². The normalized spacial score (nSPS) is 24.2. The van der Waals surface area contributed by atoms with Crippen LogP contribution in [0.25, 0.3) is 0 Å². The van der Waals surface area contributed by atoms with Gasteiger partial charge in [0.1, 0.15) is 0 Å². The number of carbonyl (C=O) groups is 1. The SMILES string of the molecule is CCOC(=O)c1ccc2c(c1)[C@@H]1OCCC[C@@H]1[C@H](c1cccc(Br)c1)N2. The zero-order valence-corrected chi connectivity index (χ0v) is 16.3. The minimum absolute atomic E-state index is 0.00152. The Balaban J connectivity index is 1.73. The van der Waals surface area contributed by atoms with E-state index >= 15 is 0 Å². The van der Waals surface area contributed by atoms with Gasteiger partial charge in [-0.25, -0.2) is 4.79 Å². The number of halogens is 1. The summed E-state index contributed by atoms with van der Waals surface area (Å²) in [5.41, 5.74) is 3.93. The maximum absolute atomic E-state index is 12.1. The Hall–Kier alpha value is -1.85. The highest BCUT2D eigenvalue weighted by Crippen LogP contribution is 2.49. The lowest BCUT2D eigenvalue weighted by Gasteiger charge is -2.43. The molecular weight excluding hydrogens is 394 g/mol. The zero-order valence-electron chi connectivity index (χ0n) is 14.7. The first kappa shape index (κ1) is 17.6. The average Bonchev–Trinajstić information content (AvgIpc) is 2.67. The van der Waals surface area contributed by atoms with Crippen LogP contribution < -0.4 is 5.32 Å². The van der Waals surface area contributed by atoms with E-state index in [0.717, 1.165) is 35.2 Å². The minimum atomic E-state index is -0.281. The van der Waals surface area contributed by atoms with Crippen LogP contribution >= 0.6 is 15.9 Å². The van der Waals surface area contributed by atoms with Gasteiger partial charge < -0.3 is 14.8 Å². The molecule has 0 aliphatic carbocycles. The van der Waals surface area contributed by atoms with Gasteiger partial charge in [0.15, 0.2) is 0 Å². The molecule has 0 amide bonds. The van der Waals surface area contributed by atoms with Gasteiger partial charge in [0.25, 0.3) is 0 Å². The van der Waals surface area contributed by atoms with Gasteiger partial charge in [-0.2, -0.15) is 0 Å². The highest BCUT2D eigenvalue weighted by atomic mass is 79.9. The number of carbonyl (C=O) groups excluding carboxylic acids is 1. The molecule has 4 nitrogen and oxygen atoms in total. The number of nitrogens with one attached hydrogen (secondary N) is 1. The predicted octanol–water partition coefficient (Wildman–Crippen LogP) is 5.26. The van der Waals surface area contributed by atoms with Gasteiger partial charge >= 0.3 is 5.97 Å². The van der Waals surface area contributed by atoms with E-state index in [0.29, 0.717) is 18.1 Å². The summed E-state index contributed by atoms with van der Waals surface area (Å²) in [4.78, 5) is 12.1. The van der Waals surface area contributed by atoms with Crippen molar-refractivity contribution in [3.05, 3.63) is 63.6 Å². The molecule has 2 aromatic rings. The number of anilines is 1. The molecule has 26 heavy (non-hydrogen) atoms. The number of hydrogen-bond donors (Lipinski definition) is 1. The summed E-state index contributed by atoms with van der Waals surface area (Å²) in [5, 5.41) is 3.68. The highest BCUT2D eigenvalue weighted by molar-refractivity contribution is 9.10. The predicted molar refractivity (Wildman–Crippen MR) is 104 cm³/mol. The van der Waals surface area contributed by atoms with E-state index in [2.05, 4.69) is 39.4 Å². The molecule has 5 heteroatoms. The Bertz CT molecular complexity index is 823. The van der Waals surface area contributed by atoms with Gasteiger partial charge in [-0.3, -0.25) is 0 Å². The minimum Gasteiger partial charge on any atom is -0.462 e. The monoisotopic (exact) mass is 415 g/mol. The van der Waals surface area contributed by atoms with Crippen molar-refractivity contribution in [2.24, 2.45) is 5.92 Å². The number of benzene rings is 2. The van der Waals surface area contributed by atoms with Crippen LogP contribution in [-0.4, -0.2) is 19.2 Å². The zero-order chi connectivity index (χ0) is 18.1. The standard InChI is InChI=1S/C21H22BrNO3/c1-2-25-21(24)14-8-9-18-17(12-14)20-16(7-4-10-26-20)19(23-18)13-5-3-6-15(22)11-13/h3,5-6,8-9,11-12,16,19-20,23H,2,4,7,10H2,1H3/t16-,19+,20-/m1/s1.